The van der Waals surface area contributed by atoms with Crippen LogP contribution in [-0.2, 0) is 5.75 Å². The molecule has 35 heavy (non-hydrogen) atoms. The van der Waals surface area contributed by atoms with Crippen molar-refractivity contribution in [1.82, 2.24) is 15.2 Å². The first-order chi connectivity index (χ1) is 17.1. The molecule has 0 unspecified atom stereocenters. The van der Waals surface area contributed by atoms with Gasteiger partial charge in [0.25, 0.3) is 0 Å². The maximum absolute atomic E-state index is 6.40. The van der Waals surface area contributed by atoms with Crippen LogP contribution in [0, 0.1) is 6.92 Å². The molecule has 178 valence electrons. The highest BCUT2D eigenvalue weighted by atomic mass is 32.2. The van der Waals surface area contributed by atoms with Gasteiger partial charge in [0, 0.05) is 22.6 Å². The van der Waals surface area contributed by atoms with E-state index in [4.69, 9.17) is 19.2 Å². The summed E-state index contributed by atoms with van der Waals surface area (Å²) in [6.07, 6.45) is -0.506. The monoisotopic (exact) mass is 486 g/mol. The Kier molecular flexibility index (Phi) is 6.72. The Morgan fingerprint density at radius 2 is 1.83 bits per heavy atom. The molecule has 1 aliphatic heterocycles. The Hall–Kier alpha value is -3.78. The van der Waals surface area contributed by atoms with Crippen molar-refractivity contribution in [3.63, 3.8) is 0 Å². The minimum absolute atomic E-state index is 0.432. The number of rotatable bonds is 7. The van der Waals surface area contributed by atoms with Gasteiger partial charge in [-0.3, -0.25) is 0 Å². The number of nitrogens with zero attached hydrogens (tertiary/aromatic N) is 3. The molecular weight excluding hydrogens is 460 g/mol. The summed E-state index contributed by atoms with van der Waals surface area (Å²) >= 11 is 1.53. The number of methoxy groups -OCH3 is 1. The summed E-state index contributed by atoms with van der Waals surface area (Å²) in [5, 5.41) is 12.9. The van der Waals surface area contributed by atoms with Crippen LogP contribution in [0.4, 0.5) is 5.69 Å². The van der Waals surface area contributed by atoms with Crippen LogP contribution >= 0.6 is 11.8 Å². The zero-order valence-electron chi connectivity index (χ0n) is 19.8. The van der Waals surface area contributed by atoms with Crippen LogP contribution in [-0.4, -0.2) is 28.9 Å². The summed E-state index contributed by atoms with van der Waals surface area (Å²) in [4.78, 5) is 4.74. The summed E-state index contributed by atoms with van der Waals surface area (Å²) in [5.41, 5.74) is 5.69. The van der Waals surface area contributed by atoms with Crippen LogP contribution < -0.4 is 19.5 Å². The number of fused-ring (bicyclic) bond motifs is 3. The second-order valence-corrected chi connectivity index (χ2v) is 9.00. The van der Waals surface area contributed by atoms with Gasteiger partial charge >= 0.3 is 0 Å². The summed E-state index contributed by atoms with van der Waals surface area (Å²) in [5.74, 6) is 2.51. The van der Waals surface area contributed by atoms with Gasteiger partial charge in [-0.05, 0) is 43.7 Å². The zero-order valence-corrected chi connectivity index (χ0v) is 20.6. The van der Waals surface area contributed by atoms with Gasteiger partial charge in [-0.1, -0.05) is 59.8 Å². The highest BCUT2D eigenvalue weighted by Crippen LogP contribution is 2.41. The number of anilines is 1. The number of benzene rings is 3. The molecule has 4 aromatic rings. The van der Waals surface area contributed by atoms with Crippen molar-refractivity contribution in [2.75, 3.05) is 19.0 Å². The second-order valence-electron chi connectivity index (χ2n) is 8.05. The van der Waals surface area contributed by atoms with Crippen molar-refractivity contribution >= 4 is 17.4 Å². The lowest BCUT2D eigenvalue weighted by molar-refractivity contribution is 0.224. The zero-order chi connectivity index (χ0) is 24.2. The summed E-state index contributed by atoms with van der Waals surface area (Å²) in [7, 11) is 1.63. The molecular formula is C27H26N4O3S. The van der Waals surface area contributed by atoms with Gasteiger partial charge in [0.2, 0.25) is 11.0 Å². The fourth-order valence-corrected chi connectivity index (χ4v) is 4.55. The minimum Gasteiger partial charge on any atom is -0.493 e. The van der Waals surface area contributed by atoms with E-state index in [1.54, 1.807) is 7.11 Å². The number of nitrogens with one attached hydrogen (secondary N) is 1. The van der Waals surface area contributed by atoms with Crippen molar-refractivity contribution in [2.45, 2.75) is 31.0 Å². The van der Waals surface area contributed by atoms with E-state index in [0.717, 1.165) is 22.6 Å². The van der Waals surface area contributed by atoms with E-state index in [-0.39, 0.29) is 0 Å². The molecule has 1 aromatic heterocycles. The Labute approximate surface area is 208 Å². The van der Waals surface area contributed by atoms with E-state index < -0.39 is 6.23 Å². The summed E-state index contributed by atoms with van der Waals surface area (Å²) in [6, 6.07) is 22.1. The number of hydrogen-bond donors (Lipinski definition) is 1. The van der Waals surface area contributed by atoms with Gasteiger partial charge in [-0.2, -0.15) is 4.98 Å². The Morgan fingerprint density at radius 1 is 1.00 bits per heavy atom. The fraction of sp³-hybridized carbons (Fsp3) is 0.222. The van der Waals surface area contributed by atoms with Gasteiger partial charge < -0.3 is 19.5 Å². The third-order valence-electron chi connectivity index (χ3n) is 5.61. The first kappa shape index (κ1) is 23.0. The molecule has 0 aliphatic carbocycles. The van der Waals surface area contributed by atoms with Crippen LogP contribution in [0.15, 0.2) is 71.9 Å². The third-order valence-corrected chi connectivity index (χ3v) is 6.52. The van der Waals surface area contributed by atoms with Crippen molar-refractivity contribution < 1.29 is 14.2 Å². The third kappa shape index (κ3) is 5.02. The molecule has 0 saturated heterocycles. The molecule has 0 bridgehead atoms. The highest BCUT2D eigenvalue weighted by molar-refractivity contribution is 7.98. The summed E-state index contributed by atoms with van der Waals surface area (Å²) in [6.45, 7) is 4.58. The van der Waals surface area contributed by atoms with Crippen LogP contribution in [0.1, 0.15) is 29.8 Å². The average Bonchev–Trinajstić information content (AvgIpc) is 3.05. The van der Waals surface area contributed by atoms with E-state index in [2.05, 4.69) is 46.7 Å². The number of para-hydroxylation sites is 1. The maximum Gasteiger partial charge on any atom is 0.247 e. The number of ether oxygens (including phenoxy) is 3. The molecule has 2 heterocycles. The van der Waals surface area contributed by atoms with Crippen LogP contribution in [0.5, 0.6) is 17.4 Å². The van der Waals surface area contributed by atoms with Gasteiger partial charge in [0.05, 0.1) is 13.7 Å². The van der Waals surface area contributed by atoms with E-state index in [1.165, 1.54) is 22.9 Å². The van der Waals surface area contributed by atoms with Crippen molar-refractivity contribution in [3.05, 3.63) is 83.4 Å². The topological polar surface area (TPSA) is 78.4 Å². The van der Waals surface area contributed by atoms with E-state index >= 15 is 0 Å². The number of hydrogen-bond acceptors (Lipinski definition) is 8. The largest absolute Gasteiger partial charge is 0.493 e. The smallest absolute Gasteiger partial charge is 0.247 e. The van der Waals surface area contributed by atoms with Gasteiger partial charge in [0.15, 0.2) is 23.4 Å². The highest BCUT2D eigenvalue weighted by Gasteiger charge is 2.26. The maximum atomic E-state index is 6.40. The molecule has 0 saturated carbocycles. The van der Waals surface area contributed by atoms with Crippen molar-refractivity contribution in [1.29, 1.82) is 0 Å². The average molecular weight is 487 g/mol. The first-order valence-electron chi connectivity index (χ1n) is 11.4. The Morgan fingerprint density at radius 3 is 2.63 bits per heavy atom. The lowest BCUT2D eigenvalue weighted by Crippen LogP contribution is -2.17. The molecule has 1 atom stereocenters. The molecule has 1 N–H and O–H groups in total. The molecule has 0 amide bonds. The van der Waals surface area contributed by atoms with E-state index in [0.29, 0.717) is 34.8 Å². The predicted molar refractivity (Wildman–Crippen MR) is 137 cm³/mol. The molecule has 8 heteroatoms. The summed E-state index contributed by atoms with van der Waals surface area (Å²) < 4.78 is 17.6. The van der Waals surface area contributed by atoms with E-state index in [1.807, 2.05) is 49.4 Å². The molecule has 7 nitrogen and oxygen atoms in total. The molecule has 0 spiro atoms. The quantitative estimate of drug-likeness (QED) is 0.316. The van der Waals surface area contributed by atoms with Crippen LogP contribution in [0.2, 0.25) is 0 Å². The van der Waals surface area contributed by atoms with Crippen molar-refractivity contribution in [3.8, 4) is 28.6 Å². The lowest BCUT2D eigenvalue weighted by atomic mass is 10.1. The van der Waals surface area contributed by atoms with Crippen molar-refractivity contribution in [2.24, 2.45) is 0 Å². The number of thioether (sulfide) groups is 1. The van der Waals surface area contributed by atoms with Gasteiger partial charge in [0.1, 0.15) is 0 Å². The normalized spacial score (nSPS) is 14.1. The molecule has 5 rings (SSSR count). The molecule has 0 radical (unpaired) electrons. The second kappa shape index (κ2) is 10.2. The first-order valence-corrected chi connectivity index (χ1v) is 12.4. The Bertz CT molecular complexity index is 1330. The fourth-order valence-electron chi connectivity index (χ4n) is 3.81. The SMILES string of the molecule is CCOc1ccc([C@H]2Nc3ccccc3-c3nnc(SCc4ccc(C)cc4)nc3O2)cc1OC. The van der Waals surface area contributed by atoms with Crippen LogP contribution in [0.3, 0.4) is 0 Å². The van der Waals surface area contributed by atoms with Gasteiger partial charge in [-0.15, -0.1) is 10.2 Å². The van der Waals surface area contributed by atoms with Gasteiger partial charge in [-0.25, -0.2) is 0 Å². The van der Waals surface area contributed by atoms with Crippen LogP contribution in [0.25, 0.3) is 11.3 Å². The van der Waals surface area contributed by atoms with E-state index in [9.17, 15) is 0 Å². The standard InChI is InChI=1S/C27H26N4O3S/c1-4-33-22-14-13-19(15-23(22)32-3)25-28-21-8-6-5-7-20(21)24-26(34-25)29-27(31-30-24)35-16-18-11-9-17(2)10-12-18/h5-15,25,28H,4,16H2,1-3H3/t25-/m0/s1. The predicted octanol–water partition coefficient (Wildman–Crippen LogP) is 6.05. The molecule has 3 aromatic carbocycles. The number of aromatic nitrogens is 3. The number of aryl methyl sites for hydroxylation is 1. The Balaban J connectivity index is 1.47. The minimum atomic E-state index is -0.506. The molecule has 0 fully saturated rings. The molecule has 1 aliphatic rings. The lowest BCUT2D eigenvalue weighted by Gasteiger charge is -2.20.